The van der Waals surface area contributed by atoms with E-state index in [-0.39, 0.29) is 12.1 Å². The molecule has 0 bridgehead atoms. The fourth-order valence-electron chi connectivity index (χ4n) is 2.48. The average molecular weight is 288 g/mol. The zero-order chi connectivity index (χ0) is 15.2. The Hall–Kier alpha value is -2.30. The van der Waals surface area contributed by atoms with Gasteiger partial charge in [0.2, 0.25) is 0 Å². The molecule has 5 heteroatoms. The number of carboxylic acids is 1. The lowest BCUT2D eigenvalue weighted by molar-refractivity contribution is -0.131. The molecule has 21 heavy (non-hydrogen) atoms. The molecule has 1 aliphatic rings. The van der Waals surface area contributed by atoms with Crippen molar-refractivity contribution in [1.82, 2.24) is 5.32 Å². The van der Waals surface area contributed by atoms with Gasteiger partial charge in [0.1, 0.15) is 0 Å². The minimum Gasteiger partial charge on any atom is -0.478 e. The molecule has 3 N–H and O–H groups in total. The van der Waals surface area contributed by atoms with Crippen LogP contribution < -0.4 is 10.6 Å². The summed E-state index contributed by atoms with van der Waals surface area (Å²) in [4.78, 5) is 22.5. The summed E-state index contributed by atoms with van der Waals surface area (Å²) in [6.45, 7) is 1.89. The number of carboxylic acid groups (broad SMARTS) is 1. The number of hydrogen-bond acceptors (Lipinski definition) is 2. The second kappa shape index (κ2) is 6.92. The Morgan fingerprint density at radius 2 is 2.00 bits per heavy atom. The average Bonchev–Trinajstić information content (AvgIpc) is 2.92. The first kappa shape index (κ1) is 15.1. The standard InChI is InChI=1S/C16H20N2O3/c1-11-6-8-14(10-12(11)7-9-15(19)20)18-16(21)17-13-4-2-3-5-13/h6-10,13H,2-5H2,1H3,(H,19,20)(H2,17,18,21)/b9-7+. The number of carbonyl (C=O) groups excluding carboxylic acids is 1. The third-order valence-corrected chi connectivity index (χ3v) is 3.63. The highest BCUT2D eigenvalue weighted by Crippen LogP contribution is 2.19. The van der Waals surface area contributed by atoms with E-state index < -0.39 is 5.97 Å². The zero-order valence-electron chi connectivity index (χ0n) is 12.1. The third kappa shape index (κ3) is 4.63. The van der Waals surface area contributed by atoms with Crippen molar-refractivity contribution >= 4 is 23.8 Å². The molecule has 1 aromatic rings. The number of carbonyl (C=O) groups is 2. The van der Waals surface area contributed by atoms with Gasteiger partial charge in [-0.05, 0) is 49.1 Å². The minimum absolute atomic E-state index is 0.209. The van der Waals surface area contributed by atoms with Crippen LogP contribution in [0.4, 0.5) is 10.5 Å². The Morgan fingerprint density at radius 1 is 1.29 bits per heavy atom. The van der Waals surface area contributed by atoms with E-state index in [1.54, 1.807) is 6.07 Å². The molecule has 0 aliphatic heterocycles. The highest BCUT2D eigenvalue weighted by Gasteiger charge is 2.16. The van der Waals surface area contributed by atoms with Crippen molar-refractivity contribution < 1.29 is 14.7 Å². The lowest BCUT2D eigenvalue weighted by atomic mass is 10.1. The fraction of sp³-hybridized carbons (Fsp3) is 0.375. The van der Waals surface area contributed by atoms with Gasteiger partial charge in [-0.1, -0.05) is 18.9 Å². The van der Waals surface area contributed by atoms with Crippen LogP contribution in [0.1, 0.15) is 36.8 Å². The largest absolute Gasteiger partial charge is 0.478 e. The van der Waals surface area contributed by atoms with Crippen LogP contribution in [0.15, 0.2) is 24.3 Å². The minimum atomic E-state index is -0.994. The molecule has 0 heterocycles. The van der Waals surface area contributed by atoms with E-state index in [4.69, 9.17) is 5.11 Å². The van der Waals surface area contributed by atoms with E-state index in [1.165, 1.54) is 18.9 Å². The van der Waals surface area contributed by atoms with Crippen molar-refractivity contribution in [2.45, 2.75) is 38.6 Å². The lowest BCUT2D eigenvalue weighted by Crippen LogP contribution is -2.36. The van der Waals surface area contributed by atoms with Crippen LogP contribution in [0.5, 0.6) is 0 Å². The number of anilines is 1. The van der Waals surface area contributed by atoms with Gasteiger partial charge in [0, 0.05) is 17.8 Å². The van der Waals surface area contributed by atoms with Crippen molar-refractivity contribution in [3.63, 3.8) is 0 Å². The van der Waals surface area contributed by atoms with Gasteiger partial charge in [0.05, 0.1) is 0 Å². The molecule has 2 rings (SSSR count). The Balaban J connectivity index is 2.00. The first-order chi connectivity index (χ1) is 10.0. The van der Waals surface area contributed by atoms with E-state index in [1.807, 2.05) is 19.1 Å². The van der Waals surface area contributed by atoms with E-state index in [0.29, 0.717) is 5.69 Å². The highest BCUT2D eigenvalue weighted by atomic mass is 16.4. The molecule has 1 aromatic carbocycles. The summed E-state index contributed by atoms with van der Waals surface area (Å²) in [6.07, 6.45) is 7.02. The number of aryl methyl sites for hydroxylation is 1. The molecule has 1 fully saturated rings. The van der Waals surface area contributed by atoms with Crippen molar-refractivity contribution in [1.29, 1.82) is 0 Å². The summed E-state index contributed by atoms with van der Waals surface area (Å²) in [5.41, 5.74) is 2.38. The van der Waals surface area contributed by atoms with Crippen molar-refractivity contribution in [3.8, 4) is 0 Å². The first-order valence-electron chi connectivity index (χ1n) is 7.14. The van der Waals surface area contributed by atoms with Crippen molar-refractivity contribution in [2.75, 3.05) is 5.32 Å². The van der Waals surface area contributed by atoms with E-state index in [2.05, 4.69) is 10.6 Å². The number of benzene rings is 1. The number of hydrogen-bond donors (Lipinski definition) is 3. The smallest absolute Gasteiger partial charge is 0.328 e. The zero-order valence-corrected chi connectivity index (χ0v) is 12.1. The highest BCUT2D eigenvalue weighted by molar-refractivity contribution is 5.90. The molecule has 0 saturated heterocycles. The maximum Gasteiger partial charge on any atom is 0.328 e. The topological polar surface area (TPSA) is 78.4 Å². The van der Waals surface area contributed by atoms with Gasteiger partial charge in [-0.25, -0.2) is 9.59 Å². The van der Waals surface area contributed by atoms with Crippen LogP contribution in [0, 0.1) is 6.92 Å². The maximum absolute atomic E-state index is 11.9. The molecule has 1 aliphatic carbocycles. The number of nitrogens with one attached hydrogen (secondary N) is 2. The van der Waals surface area contributed by atoms with Crippen LogP contribution in [0.3, 0.4) is 0 Å². The van der Waals surface area contributed by atoms with Crippen LogP contribution in [-0.2, 0) is 4.79 Å². The van der Waals surface area contributed by atoms with E-state index >= 15 is 0 Å². The van der Waals surface area contributed by atoms with Gasteiger partial charge in [0.15, 0.2) is 0 Å². The van der Waals surface area contributed by atoms with Crippen molar-refractivity contribution in [3.05, 3.63) is 35.4 Å². The molecular formula is C16H20N2O3. The number of aliphatic carboxylic acids is 1. The predicted molar refractivity (Wildman–Crippen MR) is 82.3 cm³/mol. The molecular weight excluding hydrogens is 268 g/mol. The van der Waals surface area contributed by atoms with Crippen LogP contribution in [0.2, 0.25) is 0 Å². The summed E-state index contributed by atoms with van der Waals surface area (Å²) in [5.74, 6) is -0.994. The summed E-state index contributed by atoms with van der Waals surface area (Å²) in [6, 6.07) is 5.48. The maximum atomic E-state index is 11.9. The Morgan fingerprint density at radius 3 is 2.67 bits per heavy atom. The fourth-order valence-corrected chi connectivity index (χ4v) is 2.48. The molecule has 2 amide bonds. The van der Waals surface area contributed by atoms with E-state index in [0.717, 1.165) is 30.0 Å². The number of amides is 2. The van der Waals surface area contributed by atoms with Crippen LogP contribution >= 0.6 is 0 Å². The SMILES string of the molecule is Cc1ccc(NC(=O)NC2CCCC2)cc1/C=C/C(=O)O. The molecule has 0 atom stereocenters. The van der Waals surface area contributed by atoms with Crippen LogP contribution in [0.25, 0.3) is 6.08 Å². The van der Waals surface area contributed by atoms with Gasteiger partial charge in [-0.15, -0.1) is 0 Å². The van der Waals surface area contributed by atoms with Gasteiger partial charge >= 0.3 is 12.0 Å². The van der Waals surface area contributed by atoms with E-state index in [9.17, 15) is 9.59 Å². The quantitative estimate of drug-likeness (QED) is 0.745. The number of rotatable bonds is 4. The Labute approximate surface area is 124 Å². The Bertz CT molecular complexity index is 561. The second-order valence-electron chi connectivity index (χ2n) is 5.32. The molecule has 1 saturated carbocycles. The molecule has 112 valence electrons. The summed E-state index contributed by atoms with van der Waals surface area (Å²) < 4.78 is 0. The van der Waals surface area contributed by atoms with Gasteiger partial charge in [0.25, 0.3) is 0 Å². The summed E-state index contributed by atoms with van der Waals surface area (Å²) in [7, 11) is 0. The van der Waals surface area contributed by atoms with Gasteiger partial charge in [-0.3, -0.25) is 0 Å². The molecule has 0 radical (unpaired) electrons. The summed E-state index contributed by atoms with van der Waals surface area (Å²) in [5, 5.41) is 14.4. The van der Waals surface area contributed by atoms with Gasteiger partial charge < -0.3 is 15.7 Å². The van der Waals surface area contributed by atoms with Crippen molar-refractivity contribution in [2.24, 2.45) is 0 Å². The monoisotopic (exact) mass is 288 g/mol. The molecule has 0 aromatic heterocycles. The molecule has 5 nitrogen and oxygen atoms in total. The molecule has 0 unspecified atom stereocenters. The van der Waals surface area contributed by atoms with Gasteiger partial charge in [-0.2, -0.15) is 0 Å². The summed E-state index contributed by atoms with van der Waals surface area (Å²) >= 11 is 0. The first-order valence-corrected chi connectivity index (χ1v) is 7.14. The Kier molecular flexibility index (Phi) is 4.98. The number of urea groups is 1. The lowest BCUT2D eigenvalue weighted by Gasteiger charge is -2.13. The van der Waals surface area contributed by atoms with Crippen LogP contribution in [-0.4, -0.2) is 23.1 Å². The third-order valence-electron chi connectivity index (χ3n) is 3.63. The normalized spacial score (nSPS) is 15.3. The second-order valence-corrected chi connectivity index (χ2v) is 5.32. The predicted octanol–water partition coefficient (Wildman–Crippen LogP) is 3.16. The molecule has 0 spiro atoms.